The van der Waals surface area contributed by atoms with E-state index in [9.17, 15) is 5.11 Å². The number of hydrogen-bond donors (Lipinski definition) is 1. The van der Waals surface area contributed by atoms with Gasteiger partial charge in [0.15, 0.2) is 0 Å². The summed E-state index contributed by atoms with van der Waals surface area (Å²) in [7, 11) is 0. The molecule has 1 nitrogen and oxygen atoms in total. The van der Waals surface area contributed by atoms with Gasteiger partial charge in [-0.3, -0.25) is 0 Å². The standard InChI is InChI=1S/C10H16O/c11-10-7-3-5-8-4-1-2-6-9(8)10/h1-2,8-11H,3-7H2. The molecule has 2 aliphatic carbocycles. The molecule has 0 saturated heterocycles. The maximum atomic E-state index is 9.67. The first-order chi connectivity index (χ1) is 5.38. The fourth-order valence-corrected chi connectivity index (χ4v) is 2.50. The number of allylic oxidation sites excluding steroid dienone is 2. The zero-order chi connectivity index (χ0) is 7.68. The summed E-state index contributed by atoms with van der Waals surface area (Å²) in [5.41, 5.74) is 0. The van der Waals surface area contributed by atoms with Crippen molar-refractivity contribution >= 4 is 0 Å². The van der Waals surface area contributed by atoms with Crippen molar-refractivity contribution in [2.24, 2.45) is 11.8 Å². The van der Waals surface area contributed by atoms with E-state index in [4.69, 9.17) is 0 Å². The molecule has 1 N–H and O–H groups in total. The van der Waals surface area contributed by atoms with Crippen molar-refractivity contribution in [3.63, 3.8) is 0 Å². The highest BCUT2D eigenvalue weighted by Gasteiger charge is 2.31. The van der Waals surface area contributed by atoms with Gasteiger partial charge < -0.3 is 5.11 Å². The van der Waals surface area contributed by atoms with Gasteiger partial charge in [-0.2, -0.15) is 0 Å². The van der Waals surface area contributed by atoms with Gasteiger partial charge in [0.1, 0.15) is 0 Å². The van der Waals surface area contributed by atoms with Gasteiger partial charge in [-0.05, 0) is 37.5 Å². The normalized spacial score (nSPS) is 43.5. The summed E-state index contributed by atoms with van der Waals surface area (Å²) in [6.45, 7) is 0. The van der Waals surface area contributed by atoms with E-state index in [2.05, 4.69) is 12.2 Å². The van der Waals surface area contributed by atoms with Gasteiger partial charge in [0, 0.05) is 0 Å². The molecule has 1 saturated carbocycles. The van der Waals surface area contributed by atoms with Crippen LogP contribution in [0, 0.1) is 11.8 Å². The molecule has 0 aromatic rings. The average Bonchev–Trinajstić information content (AvgIpc) is 2.06. The summed E-state index contributed by atoms with van der Waals surface area (Å²) in [5, 5.41) is 9.67. The Bertz CT molecular complexity index is 162. The molecular formula is C10H16O. The molecule has 0 aliphatic heterocycles. The first kappa shape index (κ1) is 7.35. The van der Waals surface area contributed by atoms with E-state index in [1.165, 1.54) is 19.3 Å². The predicted octanol–water partition coefficient (Wildman–Crippen LogP) is 2.11. The van der Waals surface area contributed by atoms with Crippen LogP contribution in [-0.4, -0.2) is 11.2 Å². The molecule has 0 heterocycles. The lowest BCUT2D eigenvalue weighted by atomic mass is 9.72. The minimum atomic E-state index is -0.00120. The first-order valence-electron chi connectivity index (χ1n) is 4.71. The third kappa shape index (κ3) is 1.34. The second kappa shape index (κ2) is 2.98. The quantitative estimate of drug-likeness (QED) is 0.527. The van der Waals surface area contributed by atoms with Gasteiger partial charge in [0.2, 0.25) is 0 Å². The van der Waals surface area contributed by atoms with Crippen LogP contribution in [0.25, 0.3) is 0 Å². The average molecular weight is 152 g/mol. The lowest BCUT2D eigenvalue weighted by molar-refractivity contribution is 0.0317. The Morgan fingerprint density at radius 1 is 1.09 bits per heavy atom. The van der Waals surface area contributed by atoms with Gasteiger partial charge in [-0.1, -0.05) is 18.6 Å². The molecule has 0 aromatic heterocycles. The zero-order valence-corrected chi connectivity index (χ0v) is 6.87. The number of aliphatic hydroxyl groups is 1. The third-order valence-electron chi connectivity index (χ3n) is 3.19. The van der Waals surface area contributed by atoms with Crippen molar-refractivity contribution in [1.82, 2.24) is 0 Å². The number of rotatable bonds is 0. The summed E-state index contributed by atoms with van der Waals surface area (Å²) < 4.78 is 0. The highest BCUT2D eigenvalue weighted by atomic mass is 16.3. The Morgan fingerprint density at radius 2 is 1.91 bits per heavy atom. The Morgan fingerprint density at radius 3 is 2.73 bits per heavy atom. The molecular weight excluding hydrogens is 136 g/mol. The van der Waals surface area contributed by atoms with E-state index in [-0.39, 0.29) is 6.10 Å². The summed E-state index contributed by atoms with van der Waals surface area (Å²) in [4.78, 5) is 0. The van der Waals surface area contributed by atoms with E-state index >= 15 is 0 Å². The van der Waals surface area contributed by atoms with Crippen LogP contribution in [0.3, 0.4) is 0 Å². The summed E-state index contributed by atoms with van der Waals surface area (Å²) in [5.74, 6) is 1.39. The molecule has 11 heavy (non-hydrogen) atoms. The minimum Gasteiger partial charge on any atom is -0.393 e. The second-order valence-electron chi connectivity index (χ2n) is 3.86. The van der Waals surface area contributed by atoms with Crippen molar-refractivity contribution in [1.29, 1.82) is 0 Å². The molecule has 0 aromatic carbocycles. The second-order valence-corrected chi connectivity index (χ2v) is 3.86. The molecule has 3 atom stereocenters. The van der Waals surface area contributed by atoms with Gasteiger partial charge >= 0.3 is 0 Å². The number of hydrogen-bond acceptors (Lipinski definition) is 1. The van der Waals surface area contributed by atoms with E-state index in [1.54, 1.807) is 0 Å². The minimum absolute atomic E-state index is 0.00120. The topological polar surface area (TPSA) is 20.2 Å². The largest absolute Gasteiger partial charge is 0.393 e. The smallest absolute Gasteiger partial charge is 0.0574 e. The van der Waals surface area contributed by atoms with E-state index in [0.717, 1.165) is 18.8 Å². The summed E-state index contributed by atoms with van der Waals surface area (Å²) >= 11 is 0. The molecule has 0 radical (unpaired) electrons. The first-order valence-corrected chi connectivity index (χ1v) is 4.71. The van der Waals surface area contributed by atoms with E-state index < -0.39 is 0 Å². The van der Waals surface area contributed by atoms with Crippen molar-refractivity contribution in [3.05, 3.63) is 12.2 Å². The lowest BCUT2D eigenvalue weighted by Gasteiger charge is -2.36. The molecule has 62 valence electrons. The molecule has 2 rings (SSSR count). The van der Waals surface area contributed by atoms with Crippen LogP contribution in [-0.2, 0) is 0 Å². The highest BCUT2D eigenvalue weighted by molar-refractivity contribution is 4.98. The number of aliphatic hydroxyl groups excluding tert-OH is 1. The van der Waals surface area contributed by atoms with Gasteiger partial charge in [-0.15, -0.1) is 0 Å². The van der Waals surface area contributed by atoms with Crippen LogP contribution < -0.4 is 0 Å². The van der Waals surface area contributed by atoms with Crippen LogP contribution >= 0.6 is 0 Å². The molecule has 1 heteroatoms. The molecule has 2 aliphatic rings. The van der Waals surface area contributed by atoms with Crippen LogP contribution in [0.15, 0.2) is 12.2 Å². The van der Waals surface area contributed by atoms with Crippen molar-refractivity contribution in [2.75, 3.05) is 0 Å². The van der Waals surface area contributed by atoms with Crippen LogP contribution in [0.4, 0.5) is 0 Å². The Hall–Kier alpha value is -0.300. The predicted molar refractivity (Wildman–Crippen MR) is 45.2 cm³/mol. The van der Waals surface area contributed by atoms with Gasteiger partial charge in [-0.25, -0.2) is 0 Å². The Balaban J connectivity index is 2.07. The molecule has 0 spiro atoms. The Kier molecular flexibility index (Phi) is 1.99. The fourth-order valence-electron chi connectivity index (χ4n) is 2.50. The van der Waals surface area contributed by atoms with Crippen LogP contribution in [0.5, 0.6) is 0 Å². The highest BCUT2D eigenvalue weighted by Crippen LogP contribution is 2.37. The van der Waals surface area contributed by atoms with Gasteiger partial charge in [0.25, 0.3) is 0 Å². The Labute approximate surface area is 68.1 Å². The monoisotopic (exact) mass is 152 g/mol. The zero-order valence-electron chi connectivity index (χ0n) is 6.87. The van der Waals surface area contributed by atoms with E-state index in [0.29, 0.717) is 5.92 Å². The SMILES string of the molecule is OC1CCCC2CC=CCC12. The maximum absolute atomic E-state index is 9.67. The lowest BCUT2D eigenvalue weighted by Crippen LogP contribution is -2.33. The molecule has 0 bridgehead atoms. The van der Waals surface area contributed by atoms with Crippen LogP contribution in [0.2, 0.25) is 0 Å². The van der Waals surface area contributed by atoms with Crippen LogP contribution in [0.1, 0.15) is 32.1 Å². The van der Waals surface area contributed by atoms with Crippen molar-refractivity contribution in [3.8, 4) is 0 Å². The fraction of sp³-hybridized carbons (Fsp3) is 0.800. The van der Waals surface area contributed by atoms with Gasteiger partial charge in [0.05, 0.1) is 6.10 Å². The van der Waals surface area contributed by atoms with Crippen molar-refractivity contribution in [2.45, 2.75) is 38.2 Å². The molecule has 3 unspecified atom stereocenters. The molecule has 1 fully saturated rings. The number of fused-ring (bicyclic) bond motifs is 1. The van der Waals surface area contributed by atoms with E-state index in [1.807, 2.05) is 0 Å². The molecule has 0 amide bonds. The maximum Gasteiger partial charge on any atom is 0.0574 e. The summed E-state index contributed by atoms with van der Waals surface area (Å²) in [6, 6.07) is 0. The third-order valence-corrected chi connectivity index (χ3v) is 3.19. The van der Waals surface area contributed by atoms with Crippen molar-refractivity contribution < 1.29 is 5.11 Å². The summed E-state index contributed by atoms with van der Waals surface area (Å²) in [6.07, 6.45) is 10.4.